The van der Waals surface area contributed by atoms with Crippen molar-refractivity contribution in [2.45, 2.75) is 51.5 Å². The van der Waals surface area contributed by atoms with Crippen LogP contribution in [-0.4, -0.2) is 0 Å². The normalized spacial score (nSPS) is 18.2. The van der Waals surface area contributed by atoms with Crippen LogP contribution in [0.3, 0.4) is 0 Å². The molecular formula is C15H21ClFN. The molecule has 0 saturated heterocycles. The van der Waals surface area contributed by atoms with Crippen molar-refractivity contribution in [3.63, 3.8) is 0 Å². The third kappa shape index (κ3) is 3.24. The third-order valence-corrected chi connectivity index (χ3v) is 4.37. The molecule has 0 aliphatic heterocycles. The molecule has 1 saturated carbocycles. The molecule has 1 aromatic carbocycles. The maximum Gasteiger partial charge on any atom is 0.127 e. The van der Waals surface area contributed by atoms with Crippen LogP contribution in [-0.2, 0) is 0 Å². The summed E-state index contributed by atoms with van der Waals surface area (Å²) < 4.78 is 13.3. The Morgan fingerprint density at radius 2 is 2.06 bits per heavy atom. The molecule has 1 unspecified atom stereocenters. The predicted octanol–water partition coefficient (Wildman–Crippen LogP) is 4.76. The highest BCUT2D eigenvalue weighted by Crippen LogP contribution is 2.33. The second-order valence-electron chi connectivity index (χ2n) is 5.46. The van der Waals surface area contributed by atoms with E-state index in [0.717, 1.165) is 24.3 Å². The van der Waals surface area contributed by atoms with Gasteiger partial charge in [-0.25, -0.2) is 4.39 Å². The highest BCUT2D eigenvalue weighted by molar-refractivity contribution is 6.31. The zero-order valence-corrected chi connectivity index (χ0v) is 11.6. The minimum atomic E-state index is -0.258. The monoisotopic (exact) mass is 269 g/mol. The zero-order valence-electron chi connectivity index (χ0n) is 10.9. The van der Waals surface area contributed by atoms with E-state index >= 15 is 0 Å². The third-order valence-electron chi connectivity index (χ3n) is 4.04. The Kier molecular flexibility index (Phi) is 4.63. The summed E-state index contributed by atoms with van der Waals surface area (Å²) in [5.74, 6) is 0.572. The largest absolute Gasteiger partial charge is 0.324 e. The first-order valence-corrected chi connectivity index (χ1v) is 7.17. The molecule has 0 radical (unpaired) electrons. The average molecular weight is 270 g/mol. The Labute approximate surface area is 114 Å². The second-order valence-corrected chi connectivity index (χ2v) is 5.86. The minimum Gasteiger partial charge on any atom is -0.324 e. The maximum absolute atomic E-state index is 13.3. The van der Waals surface area contributed by atoms with Crippen LogP contribution in [0.2, 0.25) is 5.02 Å². The Balaban J connectivity index is 1.99. The molecule has 1 fully saturated rings. The van der Waals surface area contributed by atoms with Crippen LogP contribution in [0.25, 0.3) is 0 Å². The van der Waals surface area contributed by atoms with Gasteiger partial charge < -0.3 is 5.73 Å². The molecule has 1 aromatic rings. The van der Waals surface area contributed by atoms with Crippen LogP contribution in [0.4, 0.5) is 4.39 Å². The summed E-state index contributed by atoms with van der Waals surface area (Å²) >= 11 is 6.07. The molecule has 0 bridgehead atoms. The molecule has 18 heavy (non-hydrogen) atoms. The first-order chi connectivity index (χ1) is 8.58. The van der Waals surface area contributed by atoms with Gasteiger partial charge in [-0.2, -0.15) is 0 Å². The molecule has 1 aliphatic rings. The van der Waals surface area contributed by atoms with Gasteiger partial charge in [0.2, 0.25) is 0 Å². The molecule has 0 heterocycles. The Morgan fingerprint density at radius 1 is 1.39 bits per heavy atom. The molecule has 0 spiro atoms. The Hall–Kier alpha value is -0.600. The van der Waals surface area contributed by atoms with Gasteiger partial charge >= 0.3 is 0 Å². The van der Waals surface area contributed by atoms with E-state index in [-0.39, 0.29) is 11.9 Å². The van der Waals surface area contributed by atoms with Gasteiger partial charge in [0.25, 0.3) is 0 Å². The number of benzene rings is 1. The fourth-order valence-corrected chi connectivity index (χ4v) is 3.12. The Bertz CT molecular complexity index is 413. The van der Waals surface area contributed by atoms with E-state index in [0.29, 0.717) is 10.6 Å². The van der Waals surface area contributed by atoms with Gasteiger partial charge in [0.15, 0.2) is 0 Å². The van der Waals surface area contributed by atoms with Gasteiger partial charge in [-0.15, -0.1) is 0 Å². The summed E-state index contributed by atoms with van der Waals surface area (Å²) in [7, 11) is 0. The molecule has 0 amide bonds. The van der Waals surface area contributed by atoms with Gasteiger partial charge in [0.1, 0.15) is 5.82 Å². The lowest BCUT2D eigenvalue weighted by molar-refractivity contribution is 0.453. The van der Waals surface area contributed by atoms with Crippen molar-refractivity contribution in [2.75, 3.05) is 0 Å². The molecule has 3 heteroatoms. The smallest absolute Gasteiger partial charge is 0.127 e. The quantitative estimate of drug-likeness (QED) is 0.838. The first kappa shape index (κ1) is 13.8. The lowest BCUT2D eigenvalue weighted by Gasteiger charge is -2.17. The minimum absolute atomic E-state index is 0.0719. The fourth-order valence-electron chi connectivity index (χ4n) is 2.83. The molecule has 0 aromatic heterocycles. The van der Waals surface area contributed by atoms with Crippen molar-refractivity contribution in [2.24, 2.45) is 11.7 Å². The number of halogens is 2. The summed E-state index contributed by atoms with van der Waals surface area (Å²) in [6, 6.07) is 3.09. The molecule has 1 atom stereocenters. The average Bonchev–Trinajstić information content (AvgIpc) is 2.84. The van der Waals surface area contributed by atoms with Gasteiger partial charge in [-0.1, -0.05) is 43.4 Å². The molecule has 1 aliphatic carbocycles. The predicted molar refractivity (Wildman–Crippen MR) is 74.3 cm³/mol. The van der Waals surface area contributed by atoms with E-state index in [2.05, 4.69) is 0 Å². The fraction of sp³-hybridized carbons (Fsp3) is 0.600. The van der Waals surface area contributed by atoms with E-state index in [9.17, 15) is 4.39 Å². The van der Waals surface area contributed by atoms with E-state index < -0.39 is 0 Å². The molecule has 100 valence electrons. The van der Waals surface area contributed by atoms with Crippen molar-refractivity contribution >= 4 is 11.6 Å². The number of hydrogen-bond donors (Lipinski definition) is 1. The lowest BCUT2D eigenvalue weighted by Crippen LogP contribution is -2.13. The topological polar surface area (TPSA) is 26.0 Å². The van der Waals surface area contributed by atoms with Gasteiger partial charge in [-0.3, -0.25) is 0 Å². The van der Waals surface area contributed by atoms with E-state index in [1.165, 1.54) is 31.7 Å². The first-order valence-electron chi connectivity index (χ1n) is 6.79. The van der Waals surface area contributed by atoms with Crippen LogP contribution < -0.4 is 5.73 Å². The van der Waals surface area contributed by atoms with Crippen molar-refractivity contribution in [1.82, 2.24) is 0 Å². The standard InChI is InChI=1S/C15H21ClFN/c1-10-8-12(13(16)9-14(10)17)15(18)7-6-11-4-2-3-5-11/h8-9,11,15H,2-7,18H2,1H3. The molecule has 1 nitrogen and oxygen atoms in total. The van der Waals surface area contributed by atoms with E-state index in [1.54, 1.807) is 13.0 Å². The van der Waals surface area contributed by atoms with Crippen LogP contribution in [0, 0.1) is 18.7 Å². The molecule has 2 N–H and O–H groups in total. The summed E-state index contributed by atoms with van der Waals surface area (Å²) in [5.41, 5.74) is 7.69. The number of nitrogens with two attached hydrogens (primary N) is 1. The van der Waals surface area contributed by atoms with Crippen molar-refractivity contribution in [1.29, 1.82) is 0 Å². The second kappa shape index (κ2) is 6.03. The van der Waals surface area contributed by atoms with Crippen molar-refractivity contribution in [3.8, 4) is 0 Å². The summed E-state index contributed by atoms with van der Waals surface area (Å²) in [6.45, 7) is 1.75. The van der Waals surface area contributed by atoms with Crippen LogP contribution in [0.5, 0.6) is 0 Å². The van der Waals surface area contributed by atoms with Crippen molar-refractivity contribution < 1.29 is 4.39 Å². The van der Waals surface area contributed by atoms with Crippen molar-refractivity contribution in [3.05, 3.63) is 34.1 Å². The zero-order chi connectivity index (χ0) is 13.1. The van der Waals surface area contributed by atoms with Gasteiger partial charge in [0.05, 0.1) is 0 Å². The number of hydrogen-bond acceptors (Lipinski definition) is 1. The van der Waals surface area contributed by atoms with Crippen LogP contribution >= 0.6 is 11.6 Å². The highest BCUT2D eigenvalue weighted by Gasteiger charge is 2.18. The van der Waals surface area contributed by atoms with Gasteiger partial charge in [0, 0.05) is 11.1 Å². The SMILES string of the molecule is Cc1cc(C(N)CCC2CCCC2)c(Cl)cc1F. The lowest BCUT2D eigenvalue weighted by atomic mass is 9.94. The summed E-state index contributed by atoms with van der Waals surface area (Å²) in [4.78, 5) is 0. The highest BCUT2D eigenvalue weighted by atomic mass is 35.5. The summed E-state index contributed by atoms with van der Waals surface area (Å²) in [6.07, 6.45) is 7.49. The Morgan fingerprint density at radius 3 is 2.72 bits per heavy atom. The summed E-state index contributed by atoms with van der Waals surface area (Å²) in [5, 5.41) is 0.456. The van der Waals surface area contributed by atoms with Gasteiger partial charge in [-0.05, 0) is 42.9 Å². The van der Waals surface area contributed by atoms with Crippen LogP contribution in [0.1, 0.15) is 55.7 Å². The maximum atomic E-state index is 13.3. The van der Waals surface area contributed by atoms with E-state index in [1.807, 2.05) is 0 Å². The number of rotatable bonds is 4. The number of aryl methyl sites for hydroxylation is 1. The molecule has 2 rings (SSSR count). The van der Waals surface area contributed by atoms with E-state index in [4.69, 9.17) is 17.3 Å². The molecular weight excluding hydrogens is 249 g/mol. The van der Waals surface area contributed by atoms with Crippen LogP contribution in [0.15, 0.2) is 12.1 Å².